The molecule has 0 N–H and O–H groups in total. The number of nitrogens with zero attached hydrogens (tertiary/aromatic N) is 1. The van der Waals surface area contributed by atoms with Gasteiger partial charge in [-0.25, -0.2) is 0 Å². The van der Waals surface area contributed by atoms with E-state index in [1.807, 2.05) is 0 Å². The van der Waals surface area contributed by atoms with E-state index >= 15 is 0 Å². The van der Waals surface area contributed by atoms with E-state index < -0.39 is 0 Å². The van der Waals surface area contributed by atoms with Crippen molar-refractivity contribution >= 4 is 21.7 Å². The van der Waals surface area contributed by atoms with Crippen molar-refractivity contribution in [3.63, 3.8) is 0 Å². The molecule has 0 fully saturated rings. The number of nitriles is 1. The number of Topliss-reactive ketones (excluding diaryl/α,β-unsaturated/α-hetero) is 1. The summed E-state index contributed by atoms with van der Waals surface area (Å²) in [5.41, 5.74) is 2.35. The number of rotatable bonds is 0. The molecule has 1 aliphatic carbocycles. The Labute approximate surface area is 84.3 Å². The maximum Gasteiger partial charge on any atom is 0.177 e. The molecule has 0 aliphatic heterocycles. The van der Waals surface area contributed by atoms with Crippen molar-refractivity contribution < 1.29 is 4.79 Å². The zero-order chi connectivity index (χ0) is 9.42. The van der Waals surface area contributed by atoms with Crippen LogP contribution in [0.1, 0.15) is 21.5 Å². The van der Waals surface area contributed by atoms with Crippen molar-refractivity contribution in [3.8, 4) is 6.07 Å². The number of hydrogen-bond acceptors (Lipinski definition) is 2. The summed E-state index contributed by atoms with van der Waals surface area (Å²) in [6.07, 6.45) is 0.698. The molecule has 0 saturated heterocycles. The van der Waals surface area contributed by atoms with Gasteiger partial charge >= 0.3 is 0 Å². The van der Waals surface area contributed by atoms with E-state index in [1.54, 1.807) is 18.2 Å². The third-order valence-corrected chi connectivity index (χ3v) is 2.92. The molecule has 1 atom stereocenters. The van der Waals surface area contributed by atoms with Gasteiger partial charge < -0.3 is 0 Å². The third-order valence-electron chi connectivity index (χ3n) is 2.18. The normalized spacial score (nSPS) is 19.7. The summed E-state index contributed by atoms with van der Waals surface area (Å²) in [5.74, 6) is 0.125. The van der Waals surface area contributed by atoms with Gasteiger partial charge in [-0.2, -0.15) is 5.26 Å². The Bertz CT molecular complexity index is 419. The highest BCUT2D eigenvalue weighted by molar-refractivity contribution is 9.10. The van der Waals surface area contributed by atoms with Gasteiger partial charge in [0.05, 0.1) is 16.5 Å². The quantitative estimate of drug-likeness (QED) is 0.647. The number of hydrogen-bond donors (Lipinski definition) is 0. The molecule has 1 unspecified atom stereocenters. The Morgan fingerprint density at radius 2 is 2.31 bits per heavy atom. The monoisotopic (exact) mass is 235 g/mol. The molecule has 0 amide bonds. The van der Waals surface area contributed by atoms with Crippen LogP contribution in [0.2, 0.25) is 0 Å². The number of halogens is 1. The SMILES string of the molecule is N#Cc1ccc2c(c1)CC(Br)C2=O. The van der Waals surface area contributed by atoms with Gasteiger partial charge in [0.1, 0.15) is 0 Å². The highest BCUT2D eigenvalue weighted by Crippen LogP contribution is 2.27. The molecule has 0 radical (unpaired) electrons. The van der Waals surface area contributed by atoms with Crippen LogP contribution in [0.25, 0.3) is 0 Å². The molecule has 0 aromatic heterocycles. The van der Waals surface area contributed by atoms with Crippen LogP contribution < -0.4 is 0 Å². The second-order valence-corrected chi connectivity index (χ2v) is 4.12. The summed E-state index contributed by atoms with van der Waals surface area (Å²) in [5, 5.41) is 8.65. The van der Waals surface area contributed by atoms with Crippen LogP contribution in [0.5, 0.6) is 0 Å². The fourth-order valence-corrected chi connectivity index (χ4v) is 2.12. The van der Waals surface area contributed by atoms with E-state index in [-0.39, 0.29) is 10.6 Å². The fourth-order valence-electron chi connectivity index (χ4n) is 1.53. The lowest BCUT2D eigenvalue weighted by Gasteiger charge is -1.95. The predicted octanol–water partition coefficient (Wildman–Crippen LogP) is 2.06. The number of benzene rings is 1. The highest BCUT2D eigenvalue weighted by atomic mass is 79.9. The highest BCUT2D eigenvalue weighted by Gasteiger charge is 2.28. The Balaban J connectivity index is 2.54. The minimum Gasteiger partial charge on any atom is -0.293 e. The van der Waals surface area contributed by atoms with Gasteiger partial charge in [0.2, 0.25) is 0 Å². The van der Waals surface area contributed by atoms with Crippen LogP contribution in [0, 0.1) is 11.3 Å². The van der Waals surface area contributed by atoms with Crippen LogP contribution in [-0.2, 0) is 6.42 Å². The molecule has 0 spiro atoms. The van der Waals surface area contributed by atoms with E-state index in [4.69, 9.17) is 5.26 Å². The Morgan fingerprint density at radius 3 is 3.00 bits per heavy atom. The standard InChI is InChI=1S/C10H6BrNO/c11-9-4-7-3-6(5-12)1-2-8(7)10(9)13/h1-3,9H,4H2. The number of carbonyl (C=O) groups is 1. The van der Waals surface area contributed by atoms with Gasteiger partial charge in [-0.05, 0) is 30.2 Å². The molecule has 1 aliphatic rings. The summed E-state index contributed by atoms with van der Waals surface area (Å²) in [6, 6.07) is 7.26. The molecule has 0 bridgehead atoms. The average molecular weight is 236 g/mol. The first kappa shape index (κ1) is 8.46. The first-order valence-corrected chi connectivity index (χ1v) is 4.85. The second-order valence-electron chi connectivity index (χ2n) is 3.02. The minimum absolute atomic E-state index is 0.101. The lowest BCUT2D eigenvalue weighted by atomic mass is 10.1. The van der Waals surface area contributed by atoms with Gasteiger partial charge in [0.25, 0.3) is 0 Å². The smallest absolute Gasteiger partial charge is 0.177 e. The van der Waals surface area contributed by atoms with E-state index in [9.17, 15) is 4.79 Å². The van der Waals surface area contributed by atoms with Gasteiger partial charge in [-0.15, -0.1) is 0 Å². The number of ketones is 1. The van der Waals surface area contributed by atoms with Crippen LogP contribution >= 0.6 is 15.9 Å². The molecule has 1 aromatic rings. The van der Waals surface area contributed by atoms with Crippen LogP contribution in [0.3, 0.4) is 0 Å². The molecule has 13 heavy (non-hydrogen) atoms. The van der Waals surface area contributed by atoms with Crippen LogP contribution in [0.15, 0.2) is 18.2 Å². The Hall–Kier alpha value is -1.14. The van der Waals surface area contributed by atoms with Crippen molar-refractivity contribution in [2.24, 2.45) is 0 Å². The van der Waals surface area contributed by atoms with Crippen molar-refractivity contribution in [2.45, 2.75) is 11.2 Å². The number of carbonyl (C=O) groups excluding carboxylic acids is 1. The Kier molecular flexibility index (Phi) is 1.93. The summed E-state index contributed by atoms with van der Waals surface area (Å²) < 4.78 is 0. The second kappa shape index (κ2) is 2.97. The van der Waals surface area contributed by atoms with Gasteiger partial charge in [-0.3, -0.25) is 4.79 Å². The Morgan fingerprint density at radius 1 is 1.54 bits per heavy atom. The topological polar surface area (TPSA) is 40.9 Å². The first-order valence-electron chi connectivity index (χ1n) is 3.93. The number of alkyl halides is 1. The average Bonchev–Trinajstić information content (AvgIpc) is 2.42. The van der Waals surface area contributed by atoms with Crippen molar-refractivity contribution in [1.82, 2.24) is 0 Å². The fraction of sp³-hybridized carbons (Fsp3) is 0.200. The van der Waals surface area contributed by atoms with Crippen LogP contribution in [0.4, 0.5) is 0 Å². The van der Waals surface area contributed by atoms with Crippen LogP contribution in [-0.4, -0.2) is 10.6 Å². The molecule has 1 aromatic carbocycles. The van der Waals surface area contributed by atoms with Gasteiger partial charge in [-0.1, -0.05) is 15.9 Å². The predicted molar refractivity (Wildman–Crippen MR) is 51.9 cm³/mol. The summed E-state index contributed by atoms with van der Waals surface area (Å²) >= 11 is 3.30. The lowest BCUT2D eigenvalue weighted by molar-refractivity contribution is 0.100. The third kappa shape index (κ3) is 1.27. The van der Waals surface area contributed by atoms with E-state index in [0.29, 0.717) is 12.0 Å². The van der Waals surface area contributed by atoms with E-state index in [0.717, 1.165) is 11.1 Å². The molecular weight excluding hydrogens is 230 g/mol. The molecule has 2 nitrogen and oxygen atoms in total. The zero-order valence-electron chi connectivity index (χ0n) is 6.75. The molecule has 64 valence electrons. The van der Waals surface area contributed by atoms with E-state index in [1.165, 1.54) is 0 Å². The van der Waals surface area contributed by atoms with Crippen molar-refractivity contribution in [1.29, 1.82) is 5.26 Å². The lowest BCUT2D eigenvalue weighted by Crippen LogP contribution is -2.05. The van der Waals surface area contributed by atoms with Gasteiger partial charge in [0, 0.05) is 5.56 Å². The van der Waals surface area contributed by atoms with E-state index in [2.05, 4.69) is 22.0 Å². The summed E-state index contributed by atoms with van der Waals surface area (Å²) in [6.45, 7) is 0. The molecule has 3 heteroatoms. The summed E-state index contributed by atoms with van der Waals surface area (Å²) in [7, 11) is 0. The zero-order valence-corrected chi connectivity index (χ0v) is 8.34. The number of fused-ring (bicyclic) bond motifs is 1. The molecule has 0 heterocycles. The van der Waals surface area contributed by atoms with Crippen molar-refractivity contribution in [2.75, 3.05) is 0 Å². The maximum absolute atomic E-state index is 11.5. The van der Waals surface area contributed by atoms with Gasteiger partial charge in [0.15, 0.2) is 5.78 Å². The molecule has 0 saturated carbocycles. The summed E-state index contributed by atoms with van der Waals surface area (Å²) in [4.78, 5) is 11.4. The van der Waals surface area contributed by atoms with Crippen molar-refractivity contribution in [3.05, 3.63) is 34.9 Å². The molecule has 2 rings (SSSR count). The first-order chi connectivity index (χ1) is 6.22. The largest absolute Gasteiger partial charge is 0.293 e. The molecular formula is C10H6BrNO. The maximum atomic E-state index is 11.5. The minimum atomic E-state index is -0.101.